The zero-order valence-corrected chi connectivity index (χ0v) is 19.3. The van der Waals surface area contributed by atoms with Gasteiger partial charge in [0.15, 0.2) is 0 Å². The molecule has 0 aliphatic rings. The molecule has 0 saturated carbocycles. The number of halogens is 3. The number of thiazole rings is 1. The van der Waals surface area contributed by atoms with E-state index in [-0.39, 0.29) is 0 Å². The average Bonchev–Trinajstić information content (AvgIpc) is 3.42. The lowest BCUT2D eigenvalue weighted by Crippen LogP contribution is -2.13. The van der Waals surface area contributed by atoms with Crippen LogP contribution in [0.2, 0.25) is 0 Å². The van der Waals surface area contributed by atoms with Gasteiger partial charge in [0, 0.05) is 23.2 Å². The Hall–Kier alpha value is -3.59. The van der Waals surface area contributed by atoms with Crippen LogP contribution in [0.3, 0.4) is 0 Å². The van der Waals surface area contributed by atoms with E-state index in [0.29, 0.717) is 34.8 Å². The Bertz CT molecular complexity index is 1310. The predicted molar refractivity (Wildman–Crippen MR) is 126 cm³/mol. The summed E-state index contributed by atoms with van der Waals surface area (Å²) in [4.78, 5) is 16.6. The lowest BCUT2D eigenvalue weighted by Gasteiger charge is -2.11. The first-order valence-electron chi connectivity index (χ1n) is 10.4. The van der Waals surface area contributed by atoms with E-state index < -0.39 is 17.6 Å². The van der Waals surface area contributed by atoms with Crippen LogP contribution in [0.15, 0.2) is 60.0 Å². The maximum absolute atomic E-state index is 12.9. The molecule has 0 spiro atoms. The zero-order chi connectivity index (χ0) is 24.5. The summed E-state index contributed by atoms with van der Waals surface area (Å²) in [6, 6.07) is 14.4. The van der Waals surface area contributed by atoms with Gasteiger partial charge in [-0.25, -0.2) is 4.98 Å². The van der Waals surface area contributed by atoms with E-state index in [1.807, 2.05) is 41.1 Å². The van der Waals surface area contributed by atoms with Crippen LogP contribution in [0.25, 0.3) is 22.0 Å². The Kier molecular flexibility index (Phi) is 6.47. The second-order valence-corrected chi connectivity index (χ2v) is 8.61. The molecule has 0 aliphatic carbocycles. The fourth-order valence-electron chi connectivity index (χ4n) is 3.75. The molecular weight excluding hydrogens is 463 g/mol. The van der Waals surface area contributed by atoms with E-state index in [9.17, 15) is 18.0 Å². The van der Waals surface area contributed by atoms with Gasteiger partial charge in [-0.3, -0.25) is 4.79 Å². The smallest absolute Gasteiger partial charge is 0.416 e. The maximum atomic E-state index is 12.9. The number of carbonyl (C=O) groups is 1. The van der Waals surface area contributed by atoms with Crippen molar-refractivity contribution in [3.8, 4) is 27.7 Å². The monoisotopic (exact) mass is 485 g/mol. The number of hydrogen-bond acceptors (Lipinski definition) is 4. The number of ether oxygens (including phenoxy) is 1. The highest BCUT2D eigenvalue weighted by Crippen LogP contribution is 2.34. The van der Waals surface area contributed by atoms with Crippen LogP contribution < -0.4 is 10.5 Å². The molecule has 34 heavy (non-hydrogen) atoms. The van der Waals surface area contributed by atoms with E-state index in [1.54, 1.807) is 13.2 Å². The zero-order valence-electron chi connectivity index (χ0n) is 18.5. The maximum Gasteiger partial charge on any atom is 0.416 e. The first-order chi connectivity index (χ1) is 16.2. The Morgan fingerprint density at radius 1 is 1.12 bits per heavy atom. The average molecular weight is 486 g/mol. The summed E-state index contributed by atoms with van der Waals surface area (Å²) in [5, 5.41) is 2.42. The molecule has 2 aromatic heterocycles. The minimum atomic E-state index is -4.39. The van der Waals surface area contributed by atoms with Crippen LogP contribution in [0.1, 0.15) is 27.2 Å². The topological polar surface area (TPSA) is 70.1 Å². The normalized spacial score (nSPS) is 11.6. The highest BCUT2D eigenvalue weighted by atomic mass is 32.1. The molecule has 0 saturated heterocycles. The summed E-state index contributed by atoms with van der Waals surface area (Å²) in [6.45, 7) is 2.43. The number of aryl methyl sites for hydroxylation is 1. The van der Waals surface area contributed by atoms with Crippen molar-refractivity contribution in [1.82, 2.24) is 9.55 Å². The first kappa shape index (κ1) is 23.6. The largest absolute Gasteiger partial charge is 0.497 e. The predicted octanol–water partition coefficient (Wildman–Crippen LogP) is 5.96. The van der Waals surface area contributed by atoms with Gasteiger partial charge in [0.2, 0.25) is 0 Å². The molecule has 2 aromatic carbocycles. The van der Waals surface area contributed by atoms with Crippen molar-refractivity contribution in [3.05, 3.63) is 82.4 Å². The van der Waals surface area contributed by atoms with Crippen LogP contribution >= 0.6 is 11.3 Å². The molecule has 4 aromatic rings. The van der Waals surface area contributed by atoms with Gasteiger partial charge in [-0.2, -0.15) is 13.2 Å². The summed E-state index contributed by atoms with van der Waals surface area (Å²) < 4.78 is 45.8. The van der Waals surface area contributed by atoms with Gasteiger partial charge >= 0.3 is 6.18 Å². The lowest BCUT2D eigenvalue weighted by atomic mass is 10.1. The highest BCUT2D eigenvalue weighted by Gasteiger charge is 2.30. The number of aromatic nitrogens is 2. The molecule has 0 unspecified atom stereocenters. The molecule has 9 heteroatoms. The molecular formula is C25H22F3N3O2S. The van der Waals surface area contributed by atoms with Gasteiger partial charge in [-0.05, 0) is 49.2 Å². The molecule has 0 aliphatic heterocycles. The Labute approximate surface area is 198 Å². The number of rotatable bonds is 7. The van der Waals surface area contributed by atoms with E-state index >= 15 is 0 Å². The number of primary amides is 1. The molecule has 5 nitrogen and oxygen atoms in total. The van der Waals surface area contributed by atoms with Gasteiger partial charge in [0.05, 0.1) is 29.6 Å². The van der Waals surface area contributed by atoms with E-state index in [2.05, 4.69) is 4.98 Å². The van der Waals surface area contributed by atoms with Crippen molar-refractivity contribution in [2.45, 2.75) is 26.1 Å². The number of carbonyl (C=O) groups excluding carboxylic acids is 1. The van der Waals surface area contributed by atoms with Crippen molar-refractivity contribution in [1.29, 1.82) is 0 Å². The summed E-state index contributed by atoms with van der Waals surface area (Å²) in [6.07, 6.45) is -3.68. The van der Waals surface area contributed by atoms with Crippen molar-refractivity contribution in [2.75, 3.05) is 7.11 Å². The summed E-state index contributed by atoms with van der Waals surface area (Å²) in [5.74, 6) is 0.246. The molecule has 0 atom stereocenters. The minimum absolute atomic E-state index is 0.411. The number of nitrogens with two attached hydrogens (primary N) is 1. The van der Waals surface area contributed by atoms with Gasteiger partial charge in [0.25, 0.3) is 5.91 Å². The Balaban J connectivity index is 1.64. The van der Waals surface area contributed by atoms with Gasteiger partial charge in [-0.15, -0.1) is 11.3 Å². The Morgan fingerprint density at radius 3 is 2.38 bits per heavy atom. The number of amides is 1. The number of hydrogen-bond donors (Lipinski definition) is 1. The molecule has 2 N–H and O–H groups in total. The fourth-order valence-corrected chi connectivity index (χ4v) is 4.57. The van der Waals surface area contributed by atoms with Crippen molar-refractivity contribution < 1.29 is 22.7 Å². The van der Waals surface area contributed by atoms with Crippen LogP contribution in [0.5, 0.6) is 5.75 Å². The molecule has 4 rings (SSSR count). The van der Waals surface area contributed by atoms with Crippen molar-refractivity contribution in [3.63, 3.8) is 0 Å². The highest BCUT2D eigenvalue weighted by molar-refractivity contribution is 7.13. The second-order valence-electron chi connectivity index (χ2n) is 7.76. The SMILES string of the molecule is COc1ccc(CCn2c(-c3csc(-c4ccc(C(F)(F)F)cc4)n3)cc(C(N)=O)c2C)cc1. The van der Waals surface area contributed by atoms with E-state index in [0.717, 1.165) is 34.8 Å². The second kappa shape index (κ2) is 9.34. The fraction of sp³-hybridized carbons (Fsp3) is 0.200. The van der Waals surface area contributed by atoms with Crippen LogP contribution in [0.4, 0.5) is 13.2 Å². The summed E-state index contributed by atoms with van der Waals surface area (Å²) in [7, 11) is 1.61. The minimum Gasteiger partial charge on any atom is -0.497 e. The molecule has 0 bridgehead atoms. The van der Waals surface area contributed by atoms with Crippen LogP contribution in [0, 0.1) is 6.92 Å². The van der Waals surface area contributed by atoms with Crippen molar-refractivity contribution in [2.24, 2.45) is 5.73 Å². The van der Waals surface area contributed by atoms with E-state index in [4.69, 9.17) is 10.5 Å². The van der Waals surface area contributed by atoms with Gasteiger partial charge < -0.3 is 15.0 Å². The van der Waals surface area contributed by atoms with Gasteiger partial charge in [-0.1, -0.05) is 24.3 Å². The van der Waals surface area contributed by atoms with Gasteiger partial charge in [0.1, 0.15) is 10.8 Å². The molecule has 0 radical (unpaired) electrons. The quantitative estimate of drug-likeness (QED) is 0.351. The third-order valence-electron chi connectivity index (χ3n) is 5.64. The number of alkyl halides is 3. The third-order valence-corrected chi connectivity index (χ3v) is 6.53. The van der Waals surface area contributed by atoms with Crippen molar-refractivity contribution >= 4 is 17.2 Å². The van der Waals surface area contributed by atoms with Crippen LogP contribution in [-0.2, 0) is 19.1 Å². The standard InChI is InChI=1S/C25H22F3N3O2S/c1-15-20(23(29)32)13-22(31(15)12-11-16-3-9-19(33-2)10-4-16)21-14-34-24(30-21)17-5-7-18(8-6-17)25(26,27)28/h3-10,13-14H,11-12H2,1-2H3,(H2,29,32). The third kappa shape index (κ3) is 4.84. The first-order valence-corrected chi connectivity index (χ1v) is 11.3. The molecule has 2 heterocycles. The molecule has 0 fully saturated rings. The summed E-state index contributed by atoms with van der Waals surface area (Å²) in [5.41, 5.74) is 9.08. The number of methoxy groups -OCH3 is 1. The van der Waals surface area contributed by atoms with Crippen LogP contribution in [-0.4, -0.2) is 22.6 Å². The molecule has 176 valence electrons. The number of benzene rings is 2. The number of nitrogens with zero attached hydrogens (tertiary/aromatic N) is 2. The van der Waals surface area contributed by atoms with E-state index in [1.165, 1.54) is 23.5 Å². The summed E-state index contributed by atoms with van der Waals surface area (Å²) >= 11 is 1.33. The lowest BCUT2D eigenvalue weighted by molar-refractivity contribution is -0.137. The molecule has 1 amide bonds. The Morgan fingerprint density at radius 2 is 1.79 bits per heavy atom.